The molecular weight excluding hydrogens is 272 g/mol. The highest BCUT2D eigenvalue weighted by atomic mass is 16.6. The van der Waals surface area contributed by atoms with Gasteiger partial charge in [-0.1, -0.05) is 27.2 Å². The van der Waals surface area contributed by atoms with E-state index in [0.29, 0.717) is 35.1 Å². The van der Waals surface area contributed by atoms with Gasteiger partial charge in [-0.3, -0.25) is 0 Å². The molecule has 5 fully saturated rings. The number of epoxide rings is 1. The van der Waals surface area contributed by atoms with E-state index < -0.39 is 0 Å². The van der Waals surface area contributed by atoms with Crippen LogP contribution in [-0.4, -0.2) is 23.9 Å². The van der Waals surface area contributed by atoms with E-state index >= 15 is 0 Å². The van der Waals surface area contributed by atoms with Gasteiger partial charge >= 0.3 is 0 Å². The fourth-order valence-electron chi connectivity index (χ4n) is 8.45. The van der Waals surface area contributed by atoms with Crippen molar-refractivity contribution in [2.75, 3.05) is 6.61 Å². The Morgan fingerprint density at radius 1 is 0.955 bits per heavy atom. The molecule has 1 N–H and O–H groups in total. The van der Waals surface area contributed by atoms with Crippen molar-refractivity contribution in [3.8, 4) is 0 Å². The summed E-state index contributed by atoms with van der Waals surface area (Å²) < 4.78 is 6.24. The highest BCUT2D eigenvalue weighted by molar-refractivity contribution is 5.25. The topological polar surface area (TPSA) is 32.8 Å². The van der Waals surface area contributed by atoms with Crippen LogP contribution in [0.25, 0.3) is 0 Å². The maximum absolute atomic E-state index is 10.1. The largest absolute Gasteiger partial charge is 0.396 e. The van der Waals surface area contributed by atoms with Crippen molar-refractivity contribution in [3.05, 3.63) is 0 Å². The van der Waals surface area contributed by atoms with Crippen LogP contribution in [0.4, 0.5) is 0 Å². The second kappa shape index (κ2) is 3.94. The molecule has 4 saturated carbocycles. The lowest BCUT2D eigenvalue weighted by molar-refractivity contribution is -0.181. The first-order chi connectivity index (χ1) is 10.4. The molecule has 1 spiro atoms. The first-order valence-corrected chi connectivity index (χ1v) is 9.64. The molecule has 5 rings (SSSR count). The van der Waals surface area contributed by atoms with Crippen molar-refractivity contribution in [1.29, 1.82) is 0 Å². The SMILES string of the molecule is CC12CCC3C4(C)CCCC(C)(CO)C4CCC3(C1)C1OC12. The lowest BCUT2D eigenvalue weighted by Crippen LogP contribution is -2.59. The average Bonchev–Trinajstić information content (AvgIpc) is 3.25. The van der Waals surface area contributed by atoms with Crippen molar-refractivity contribution in [3.63, 3.8) is 0 Å². The summed E-state index contributed by atoms with van der Waals surface area (Å²) in [4.78, 5) is 0. The van der Waals surface area contributed by atoms with Crippen molar-refractivity contribution in [1.82, 2.24) is 0 Å². The number of ether oxygens (including phenoxy) is 1. The third-order valence-electron chi connectivity index (χ3n) is 9.33. The third kappa shape index (κ3) is 1.42. The summed E-state index contributed by atoms with van der Waals surface area (Å²) in [6, 6.07) is 0. The fourth-order valence-corrected chi connectivity index (χ4v) is 8.45. The van der Waals surface area contributed by atoms with Crippen LogP contribution in [0.5, 0.6) is 0 Å². The van der Waals surface area contributed by atoms with Gasteiger partial charge in [0, 0.05) is 12.0 Å². The van der Waals surface area contributed by atoms with E-state index in [-0.39, 0.29) is 5.41 Å². The standard InChI is InChI=1S/C20H32O2/c1-17-9-5-14-19(3)8-4-7-18(2,12-21)13(19)6-10-20(14,11-17)16-15(17)22-16/h13-16,21H,4-12H2,1-3H3. The van der Waals surface area contributed by atoms with E-state index in [9.17, 15) is 5.11 Å². The van der Waals surface area contributed by atoms with E-state index in [1.165, 1.54) is 51.4 Å². The first kappa shape index (κ1) is 14.3. The molecule has 1 aliphatic heterocycles. The summed E-state index contributed by atoms with van der Waals surface area (Å²) in [5.74, 6) is 1.56. The maximum Gasteiger partial charge on any atom is 0.0906 e. The zero-order valence-electron chi connectivity index (χ0n) is 14.5. The maximum atomic E-state index is 10.1. The molecule has 1 saturated heterocycles. The van der Waals surface area contributed by atoms with Crippen LogP contribution in [0.1, 0.15) is 72.1 Å². The Balaban J connectivity index is 1.57. The fraction of sp³-hybridized carbons (Fsp3) is 1.00. The van der Waals surface area contributed by atoms with Gasteiger partial charge < -0.3 is 9.84 Å². The molecule has 0 amide bonds. The van der Waals surface area contributed by atoms with E-state index in [1.807, 2.05) is 0 Å². The predicted octanol–water partition coefficient (Wildman–Crippen LogP) is 4.16. The Kier molecular flexibility index (Phi) is 2.56. The third-order valence-corrected chi connectivity index (χ3v) is 9.33. The van der Waals surface area contributed by atoms with Crippen LogP contribution in [0.2, 0.25) is 0 Å². The summed E-state index contributed by atoms with van der Waals surface area (Å²) in [5, 5.41) is 10.1. The first-order valence-electron chi connectivity index (χ1n) is 9.64. The molecule has 8 atom stereocenters. The molecular formula is C20H32O2. The van der Waals surface area contributed by atoms with Gasteiger partial charge in [-0.05, 0) is 73.0 Å². The van der Waals surface area contributed by atoms with Crippen molar-refractivity contribution in [2.45, 2.75) is 84.3 Å². The quantitative estimate of drug-likeness (QED) is 0.738. The molecule has 0 radical (unpaired) electrons. The summed E-state index contributed by atoms with van der Waals surface area (Å²) in [6.07, 6.45) is 12.0. The second-order valence-corrected chi connectivity index (χ2v) is 10.4. The summed E-state index contributed by atoms with van der Waals surface area (Å²) in [5.41, 5.74) is 1.59. The smallest absolute Gasteiger partial charge is 0.0906 e. The van der Waals surface area contributed by atoms with Crippen LogP contribution in [0.3, 0.4) is 0 Å². The molecule has 4 aliphatic carbocycles. The Hall–Kier alpha value is -0.0800. The number of aliphatic hydroxyl groups is 1. The van der Waals surface area contributed by atoms with Crippen LogP contribution in [0.15, 0.2) is 0 Å². The van der Waals surface area contributed by atoms with Crippen LogP contribution >= 0.6 is 0 Å². The molecule has 22 heavy (non-hydrogen) atoms. The number of aliphatic hydroxyl groups excluding tert-OH is 1. The number of rotatable bonds is 1. The van der Waals surface area contributed by atoms with E-state index in [2.05, 4.69) is 20.8 Å². The van der Waals surface area contributed by atoms with Crippen LogP contribution in [-0.2, 0) is 4.74 Å². The van der Waals surface area contributed by atoms with Gasteiger partial charge in [0.2, 0.25) is 0 Å². The summed E-state index contributed by atoms with van der Waals surface area (Å²) in [7, 11) is 0. The molecule has 2 nitrogen and oxygen atoms in total. The van der Waals surface area contributed by atoms with Gasteiger partial charge in [-0.15, -0.1) is 0 Å². The lowest BCUT2D eigenvalue weighted by Gasteiger charge is -2.65. The minimum absolute atomic E-state index is 0.164. The van der Waals surface area contributed by atoms with E-state index in [4.69, 9.17) is 4.74 Å². The molecule has 0 aromatic rings. The Labute approximate surface area is 135 Å². The Morgan fingerprint density at radius 3 is 2.50 bits per heavy atom. The minimum atomic E-state index is 0.164. The van der Waals surface area contributed by atoms with Crippen LogP contribution in [0, 0.1) is 33.5 Å². The number of fused-ring (bicyclic) bond motifs is 5. The van der Waals surface area contributed by atoms with Gasteiger partial charge in [0.1, 0.15) is 0 Å². The molecule has 2 bridgehead atoms. The monoisotopic (exact) mass is 304 g/mol. The average molecular weight is 304 g/mol. The van der Waals surface area contributed by atoms with Crippen molar-refractivity contribution < 1.29 is 9.84 Å². The molecule has 5 aliphatic rings. The molecule has 1 heterocycles. The molecule has 0 aromatic carbocycles. The number of hydrogen-bond donors (Lipinski definition) is 1. The van der Waals surface area contributed by atoms with Gasteiger partial charge in [-0.25, -0.2) is 0 Å². The zero-order valence-corrected chi connectivity index (χ0v) is 14.5. The summed E-state index contributed by atoms with van der Waals surface area (Å²) >= 11 is 0. The highest BCUT2D eigenvalue weighted by Gasteiger charge is 2.77. The van der Waals surface area contributed by atoms with Gasteiger partial charge in [0.25, 0.3) is 0 Å². The van der Waals surface area contributed by atoms with Gasteiger partial charge in [0.15, 0.2) is 0 Å². The Bertz CT molecular complexity index is 518. The van der Waals surface area contributed by atoms with E-state index in [0.717, 1.165) is 11.8 Å². The second-order valence-electron chi connectivity index (χ2n) is 10.4. The van der Waals surface area contributed by atoms with Gasteiger partial charge in [0.05, 0.1) is 12.2 Å². The number of hydrogen-bond acceptors (Lipinski definition) is 2. The molecule has 124 valence electrons. The van der Waals surface area contributed by atoms with Crippen molar-refractivity contribution >= 4 is 0 Å². The molecule has 8 unspecified atom stereocenters. The zero-order chi connectivity index (χ0) is 15.4. The van der Waals surface area contributed by atoms with Crippen molar-refractivity contribution in [2.24, 2.45) is 33.5 Å². The molecule has 0 aromatic heterocycles. The van der Waals surface area contributed by atoms with E-state index in [1.54, 1.807) is 0 Å². The predicted molar refractivity (Wildman–Crippen MR) is 86.4 cm³/mol. The Morgan fingerprint density at radius 2 is 1.73 bits per heavy atom. The van der Waals surface area contributed by atoms with Gasteiger partial charge in [-0.2, -0.15) is 0 Å². The lowest BCUT2D eigenvalue weighted by atomic mass is 9.40. The van der Waals surface area contributed by atoms with Crippen LogP contribution < -0.4 is 0 Å². The minimum Gasteiger partial charge on any atom is -0.396 e. The highest BCUT2D eigenvalue weighted by Crippen LogP contribution is 2.77. The normalized spacial score (nSPS) is 65.5. The summed E-state index contributed by atoms with van der Waals surface area (Å²) in [6.45, 7) is 7.84. The molecule has 2 heteroatoms.